The fraction of sp³-hybridized carbons (Fsp3) is 0.537. The highest BCUT2D eigenvalue weighted by Crippen LogP contribution is 2.09. The Bertz CT molecular complexity index is 1630. The van der Waals surface area contributed by atoms with Gasteiger partial charge in [-0.05, 0) is 135 Å². The molecular formula is C67H102O6. The molecule has 0 spiro atoms. The number of hydrogen-bond donors (Lipinski definition) is 0. The molecule has 0 saturated carbocycles. The Morgan fingerprint density at radius 2 is 0.507 bits per heavy atom. The summed E-state index contributed by atoms with van der Waals surface area (Å²) in [6, 6.07) is 0. The number of allylic oxidation sites excluding steroid dienone is 28. The second-order valence-corrected chi connectivity index (χ2v) is 18.1. The smallest absolute Gasteiger partial charge is 0.306 e. The van der Waals surface area contributed by atoms with Crippen molar-refractivity contribution in [2.75, 3.05) is 13.2 Å². The van der Waals surface area contributed by atoms with Crippen LogP contribution in [0.1, 0.15) is 213 Å². The van der Waals surface area contributed by atoms with Crippen LogP contribution in [-0.2, 0) is 28.6 Å². The van der Waals surface area contributed by atoms with Crippen LogP contribution in [0.25, 0.3) is 0 Å². The quantitative estimate of drug-likeness (QED) is 0.0261. The molecule has 0 rings (SSSR count). The van der Waals surface area contributed by atoms with Crippen LogP contribution < -0.4 is 0 Å². The Labute approximate surface area is 447 Å². The first-order valence-corrected chi connectivity index (χ1v) is 28.6. The molecule has 0 radical (unpaired) electrons. The molecular weight excluding hydrogens is 901 g/mol. The molecule has 6 nitrogen and oxygen atoms in total. The Hall–Kier alpha value is -5.23. The van der Waals surface area contributed by atoms with Gasteiger partial charge in [0, 0.05) is 19.3 Å². The molecule has 6 heteroatoms. The van der Waals surface area contributed by atoms with Gasteiger partial charge in [0.25, 0.3) is 0 Å². The predicted molar refractivity (Wildman–Crippen MR) is 315 cm³/mol. The van der Waals surface area contributed by atoms with Crippen molar-refractivity contribution >= 4 is 17.9 Å². The molecule has 0 aliphatic heterocycles. The average molecular weight is 1000 g/mol. The van der Waals surface area contributed by atoms with E-state index in [0.717, 1.165) is 77.0 Å². The van der Waals surface area contributed by atoms with Crippen molar-refractivity contribution < 1.29 is 28.6 Å². The number of esters is 3. The van der Waals surface area contributed by atoms with Gasteiger partial charge in [0.05, 0.1) is 0 Å². The normalized spacial score (nSPS) is 13.0. The van der Waals surface area contributed by atoms with E-state index in [1.165, 1.54) is 77.0 Å². The fourth-order valence-electron chi connectivity index (χ4n) is 6.87. The van der Waals surface area contributed by atoms with Gasteiger partial charge >= 0.3 is 17.9 Å². The lowest BCUT2D eigenvalue weighted by Gasteiger charge is -2.18. The van der Waals surface area contributed by atoms with E-state index in [9.17, 15) is 14.4 Å². The van der Waals surface area contributed by atoms with Crippen molar-refractivity contribution in [2.24, 2.45) is 0 Å². The van der Waals surface area contributed by atoms with E-state index in [1.54, 1.807) is 0 Å². The van der Waals surface area contributed by atoms with Gasteiger partial charge in [-0.25, -0.2) is 0 Å². The van der Waals surface area contributed by atoms with Crippen LogP contribution in [0, 0.1) is 0 Å². The maximum atomic E-state index is 12.8. The van der Waals surface area contributed by atoms with Crippen LogP contribution >= 0.6 is 0 Å². The first-order valence-electron chi connectivity index (χ1n) is 28.6. The minimum absolute atomic E-state index is 0.171. The van der Waals surface area contributed by atoms with Gasteiger partial charge < -0.3 is 14.2 Å². The van der Waals surface area contributed by atoms with Crippen molar-refractivity contribution in [1.82, 2.24) is 0 Å². The molecule has 0 atom stereocenters. The van der Waals surface area contributed by atoms with Gasteiger partial charge in [0.15, 0.2) is 6.10 Å². The van der Waals surface area contributed by atoms with Crippen molar-refractivity contribution in [1.29, 1.82) is 0 Å². The third kappa shape index (κ3) is 57.5. The molecule has 0 unspecified atom stereocenters. The van der Waals surface area contributed by atoms with Gasteiger partial charge in [0.2, 0.25) is 0 Å². The highest BCUT2D eigenvalue weighted by molar-refractivity contribution is 5.71. The van der Waals surface area contributed by atoms with Gasteiger partial charge in [-0.3, -0.25) is 14.4 Å². The monoisotopic (exact) mass is 1000 g/mol. The van der Waals surface area contributed by atoms with Crippen LogP contribution in [0.2, 0.25) is 0 Å². The van der Waals surface area contributed by atoms with Crippen molar-refractivity contribution in [3.63, 3.8) is 0 Å². The van der Waals surface area contributed by atoms with Gasteiger partial charge in [-0.1, -0.05) is 229 Å². The summed E-state index contributed by atoms with van der Waals surface area (Å²) in [6.07, 6.45) is 87.9. The molecule has 0 aliphatic rings. The molecule has 0 aromatic heterocycles. The number of hydrogen-bond acceptors (Lipinski definition) is 6. The summed E-state index contributed by atoms with van der Waals surface area (Å²) in [5, 5.41) is 0. The number of carbonyl (C=O) groups is 3. The van der Waals surface area contributed by atoms with E-state index in [-0.39, 0.29) is 32.5 Å². The third-order valence-corrected chi connectivity index (χ3v) is 11.2. The lowest BCUT2D eigenvalue weighted by atomic mass is 10.2. The van der Waals surface area contributed by atoms with Gasteiger partial charge in [-0.15, -0.1) is 0 Å². The molecule has 0 saturated heterocycles. The van der Waals surface area contributed by atoms with Crippen LogP contribution in [-0.4, -0.2) is 37.2 Å². The fourth-order valence-corrected chi connectivity index (χ4v) is 6.87. The van der Waals surface area contributed by atoms with E-state index in [4.69, 9.17) is 14.2 Å². The molecule has 0 N–H and O–H groups in total. The van der Waals surface area contributed by atoms with Crippen molar-refractivity contribution in [3.8, 4) is 0 Å². The number of carbonyl (C=O) groups excluding carboxylic acids is 3. The van der Waals surface area contributed by atoms with Crippen molar-refractivity contribution in [3.05, 3.63) is 170 Å². The molecule has 0 amide bonds. The first-order chi connectivity index (χ1) is 36.0. The summed E-state index contributed by atoms with van der Waals surface area (Å²) in [4.78, 5) is 38.1. The predicted octanol–water partition coefficient (Wildman–Crippen LogP) is 19.5. The third-order valence-electron chi connectivity index (χ3n) is 11.2. The van der Waals surface area contributed by atoms with E-state index >= 15 is 0 Å². The van der Waals surface area contributed by atoms with Gasteiger partial charge in [-0.2, -0.15) is 0 Å². The lowest BCUT2D eigenvalue weighted by molar-refractivity contribution is -0.166. The number of unbranched alkanes of at least 4 members (excludes halogenated alkanes) is 10. The van der Waals surface area contributed by atoms with Gasteiger partial charge in [0.1, 0.15) is 13.2 Å². The second-order valence-electron chi connectivity index (χ2n) is 18.1. The van der Waals surface area contributed by atoms with E-state index in [0.29, 0.717) is 19.3 Å². The maximum absolute atomic E-state index is 12.8. The highest BCUT2D eigenvalue weighted by atomic mass is 16.6. The first kappa shape index (κ1) is 67.8. The standard InChI is InChI=1S/C67H102O6/c1-4-7-10-13-16-19-22-25-28-31-33-36-38-41-44-47-50-53-56-59-65(68)71-62-64(73-67(70)61-58-55-52-49-46-43-40-35-30-27-24-21-18-15-12-9-6-3)63-72-66(69)60-57-54-51-48-45-42-39-37-34-32-29-26-23-20-17-14-11-8-5-2/h16-21,25-30,33-34,36-37,40-45,49-54,64H,4-15,22-24,31-32,35,38-39,46-48,55-63H2,1-3H3/b19-16-,20-17-,21-18-,28-25-,29-26-,30-27-,36-33-,37-34-,43-40-,44-41-,45-42-,52-49-,53-50-,54-51-. The Balaban J connectivity index is 4.73. The zero-order valence-electron chi connectivity index (χ0n) is 46.3. The number of rotatable bonds is 49. The summed E-state index contributed by atoms with van der Waals surface area (Å²) < 4.78 is 16.7. The van der Waals surface area contributed by atoms with E-state index < -0.39 is 24.0 Å². The second kappa shape index (κ2) is 59.3. The molecule has 0 fully saturated rings. The van der Waals surface area contributed by atoms with Crippen LogP contribution in [0.15, 0.2) is 170 Å². The molecule has 0 aliphatic carbocycles. The lowest BCUT2D eigenvalue weighted by Crippen LogP contribution is -2.30. The molecule has 0 heterocycles. The molecule has 73 heavy (non-hydrogen) atoms. The zero-order valence-corrected chi connectivity index (χ0v) is 46.3. The summed E-state index contributed by atoms with van der Waals surface area (Å²) in [5.74, 6) is -1.20. The number of ether oxygens (including phenoxy) is 3. The molecule has 406 valence electrons. The highest BCUT2D eigenvalue weighted by Gasteiger charge is 2.19. The maximum Gasteiger partial charge on any atom is 0.306 e. The summed E-state index contributed by atoms with van der Waals surface area (Å²) >= 11 is 0. The largest absolute Gasteiger partial charge is 0.462 e. The summed E-state index contributed by atoms with van der Waals surface area (Å²) in [5.41, 5.74) is 0. The Morgan fingerprint density at radius 3 is 0.767 bits per heavy atom. The van der Waals surface area contributed by atoms with Crippen LogP contribution in [0.5, 0.6) is 0 Å². The Morgan fingerprint density at radius 1 is 0.274 bits per heavy atom. The van der Waals surface area contributed by atoms with Crippen LogP contribution in [0.3, 0.4) is 0 Å². The molecule has 0 aromatic carbocycles. The SMILES string of the molecule is CCCCC/C=C\C/C=C\C/C=C\C/C=C\C/C=C\CCC(=O)OCC(COC(=O)CC/C=C\C/C=C\C/C=C\C/C=C\C/C=C\CCCCC)OC(=O)CCC/C=C\C/C=C\C/C=C\C/C=C\CCCCC. The summed E-state index contributed by atoms with van der Waals surface area (Å²) in [6.45, 7) is 6.36. The van der Waals surface area contributed by atoms with E-state index in [2.05, 4.69) is 167 Å². The summed E-state index contributed by atoms with van der Waals surface area (Å²) in [7, 11) is 0. The van der Waals surface area contributed by atoms with E-state index in [1.807, 2.05) is 24.3 Å². The minimum Gasteiger partial charge on any atom is -0.462 e. The van der Waals surface area contributed by atoms with Crippen molar-refractivity contribution in [2.45, 2.75) is 219 Å². The van der Waals surface area contributed by atoms with Crippen LogP contribution in [0.4, 0.5) is 0 Å². The zero-order chi connectivity index (χ0) is 52.9. The minimum atomic E-state index is -0.877. The Kier molecular flexibility index (Phi) is 55.1. The molecule has 0 bridgehead atoms. The molecule has 0 aromatic rings. The average Bonchev–Trinajstić information content (AvgIpc) is 3.39. The topological polar surface area (TPSA) is 78.9 Å².